The Morgan fingerprint density at radius 3 is 2.32 bits per heavy atom. The highest BCUT2D eigenvalue weighted by Gasteiger charge is 2.04. The van der Waals surface area contributed by atoms with Crippen LogP contribution in [-0.4, -0.2) is 11.2 Å². The van der Waals surface area contributed by atoms with Gasteiger partial charge < -0.3 is 0 Å². The van der Waals surface area contributed by atoms with Crippen molar-refractivity contribution in [1.82, 2.24) is 0 Å². The molecule has 0 rings (SSSR count). The van der Waals surface area contributed by atoms with Crippen molar-refractivity contribution >= 4 is 6.29 Å². The summed E-state index contributed by atoms with van der Waals surface area (Å²) in [6.07, 6.45) is 21.2. The molecule has 0 saturated carbocycles. The van der Waals surface area contributed by atoms with Crippen LogP contribution in [0, 0.1) is 10.1 Å². The van der Waals surface area contributed by atoms with Crippen molar-refractivity contribution in [3.63, 3.8) is 0 Å². The standard InChI is InChI=1S/C18H28NO3/c1-2-18(19(21)22)16-14-12-10-8-6-4-3-5-7-9-11-13-15-17-20/h4,6,10,12,16H,2-3,5,7-9,11,13-15H2,1H3/b6-4-,12-10-,18-16+. The normalized spacial score (nSPS) is 12.3. The lowest BCUT2D eigenvalue weighted by atomic mass is 10.1. The summed E-state index contributed by atoms with van der Waals surface area (Å²) in [5, 5.41) is 10.6. The molecular formula is C18H28NO3. The van der Waals surface area contributed by atoms with Crippen LogP contribution in [0.25, 0.3) is 0 Å². The number of carbonyl (C=O) groups excluding carboxylic acids is 1. The largest absolute Gasteiger partial charge is 0.291 e. The first-order valence-corrected chi connectivity index (χ1v) is 8.20. The number of nitro groups is 1. The highest BCUT2D eigenvalue weighted by molar-refractivity contribution is 5.50. The van der Waals surface area contributed by atoms with Crippen LogP contribution in [0.3, 0.4) is 0 Å². The molecule has 0 aliphatic rings. The first kappa shape index (κ1) is 20.3. The molecule has 0 aliphatic carbocycles. The molecule has 0 aromatic heterocycles. The average molecular weight is 306 g/mol. The molecule has 0 heterocycles. The lowest BCUT2D eigenvalue weighted by Crippen LogP contribution is -1.96. The van der Waals surface area contributed by atoms with Crippen molar-refractivity contribution in [2.75, 3.05) is 0 Å². The Bertz CT molecular complexity index is 384. The number of nitrogens with zero attached hydrogens (tertiary/aromatic N) is 1. The Kier molecular flexibility index (Phi) is 14.5. The Morgan fingerprint density at radius 2 is 1.64 bits per heavy atom. The van der Waals surface area contributed by atoms with Crippen molar-refractivity contribution in [2.45, 2.75) is 71.1 Å². The molecule has 0 amide bonds. The Morgan fingerprint density at radius 1 is 1.00 bits per heavy atom. The van der Waals surface area contributed by atoms with Crippen molar-refractivity contribution < 1.29 is 9.72 Å². The molecule has 0 N–H and O–H groups in total. The van der Waals surface area contributed by atoms with Gasteiger partial charge in [0.2, 0.25) is 5.70 Å². The van der Waals surface area contributed by atoms with E-state index in [9.17, 15) is 14.9 Å². The Balaban J connectivity index is 3.52. The van der Waals surface area contributed by atoms with Gasteiger partial charge in [-0.1, -0.05) is 50.5 Å². The molecule has 0 aliphatic heterocycles. The van der Waals surface area contributed by atoms with E-state index in [1.807, 2.05) is 18.4 Å². The molecule has 0 fully saturated rings. The SMILES string of the molecule is CC/C(=C\C/C=C\C/C=C\CCCCCCC[C]=O)[N+](=O)[O-]. The maximum atomic E-state index is 10.6. The van der Waals surface area contributed by atoms with Gasteiger partial charge in [0.05, 0.1) is 4.92 Å². The fourth-order valence-corrected chi connectivity index (χ4v) is 2.03. The first-order chi connectivity index (χ1) is 10.7. The molecule has 0 atom stereocenters. The smallest absolute Gasteiger partial charge is 0.242 e. The number of hydrogen-bond donors (Lipinski definition) is 0. The summed E-state index contributed by atoms with van der Waals surface area (Å²) < 4.78 is 0. The lowest BCUT2D eigenvalue weighted by Gasteiger charge is -1.96. The highest BCUT2D eigenvalue weighted by atomic mass is 16.6. The zero-order valence-electron chi connectivity index (χ0n) is 13.6. The number of rotatable bonds is 14. The van der Waals surface area contributed by atoms with Crippen LogP contribution in [0.1, 0.15) is 71.1 Å². The van der Waals surface area contributed by atoms with Crippen molar-refractivity contribution in [1.29, 1.82) is 0 Å². The molecule has 0 spiro atoms. The number of allylic oxidation sites excluding steroid dienone is 6. The number of unbranched alkanes of at least 4 members (excludes halogenated alkanes) is 6. The first-order valence-electron chi connectivity index (χ1n) is 8.20. The molecule has 0 saturated heterocycles. The molecular weight excluding hydrogens is 278 g/mol. The van der Waals surface area contributed by atoms with Gasteiger partial charge >= 0.3 is 0 Å². The van der Waals surface area contributed by atoms with E-state index in [0.717, 1.165) is 25.7 Å². The van der Waals surface area contributed by atoms with Gasteiger partial charge in [-0.15, -0.1) is 0 Å². The van der Waals surface area contributed by atoms with E-state index in [2.05, 4.69) is 12.2 Å². The van der Waals surface area contributed by atoms with Crippen LogP contribution in [-0.2, 0) is 4.79 Å². The van der Waals surface area contributed by atoms with E-state index in [1.54, 1.807) is 13.0 Å². The molecule has 0 unspecified atom stereocenters. The summed E-state index contributed by atoms with van der Waals surface area (Å²) in [7, 11) is 0. The Hall–Kier alpha value is -1.71. The van der Waals surface area contributed by atoms with E-state index in [0.29, 0.717) is 19.3 Å². The molecule has 123 valence electrons. The predicted octanol–water partition coefficient (Wildman–Crippen LogP) is 5.29. The number of hydrogen-bond acceptors (Lipinski definition) is 3. The summed E-state index contributed by atoms with van der Waals surface area (Å²) in [5.74, 6) is 0. The molecule has 4 heteroatoms. The van der Waals surface area contributed by atoms with E-state index in [1.165, 1.54) is 19.3 Å². The third kappa shape index (κ3) is 13.3. The van der Waals surface area contributed by atoms with Crippen LogP contribution in [0.2, 0.25) is 0 Å². The van der Waals surface area contributed by atoms with Gasteiger partial charge in [-0.2, -0.15) is 0 Å². The van der Waals surface area contributed by atoms with E-state index >= 15 is 0 Å². The third-order valence-corrected chi connectivity index (χ3v) is 3.34. The summed E-state index contributed by atoms with van der Waals surface area (Å²) >= 11 is 0. The molecule has 0 aromatic rings. The van der Waals surface area contributed by atoms with Gasteiger partial charge in [0.1, 0.15) is 0 Å². The maximum absolute atomic E-state index is 10.6. The van der Waals surface area contributed by atoms with Crippen molar-refractivity contribution in [3.8, 4) is 0 Å². The summed E-state index contributed by atoms with van der Waals surface area (Å²) in [4.78, 5) is 20.3. The zero-order valence-corrected chi connectivity index (χ0v) is 13.6. The summed E-state index contributed by atoms with van der Waals surface area (Å²) in [6.45, 7) is 1.79. The Labute approximate surface area is 134 Å². The third-order valence-electron chi connectivity index (χ3n) is 3.34. The predicted molar refractivity (Wildman–Crippen MR) is 90.9 cm³/mol. The molecule has 0 bridgehead atoms. The van der Waals surface area contributed by atoms with Gasteiger partial charge in [0.15, 0.2) is 6.29 Å². The van der Waals surface area contributed by atoms with Crippen LogP contribution in [0.4, 0.5) is 0 Å². The van der Waals surface area contributed by atoms with Crippen molar-refractivity contribution in [2.24, 2.45) is 0 Å². The summed E-state index contributed by atoms with van der Waals surface area (Å²) in [6, 6.07) is 0. The minimum atomic E-state index is -0.315. The maximum Gasteiger partial charge on any atom is 0.242 e. The van der Waals surface area contributed by atoms with Gasteiger partial charge in [-0.25, -0.2) is 0 Å². The van der Waals surface area contributed by atoms with Gasteiger partial charge in [-0.3, -0.25) is 14.9 Å². The second kappa shape index (κ2) is 15.7. The molecule has 0 aromatic carbocycles. The van der Waals surface area contributed by atoms with Crippen molar-refractivity contribution in [3.05, 3.63) is 46.2 Å². The highest BCUT2D eigenvalue weighted by Crippen LogP contribution is 2.07. The van der Waals surface area contributed by atoms with Crippen LogP contribution in [0.5, 0.6) is 0 Å². The van der Waals surface area contributed by atoms with E-state index in [4.69, 9.17) is 0 Å². The van der Waals surface area contributed by atoms with Crippen LogP contribution >= 0.6 is 0 Å². The quantitative estimate of drug-likeness (QED) is 0.189. The van der Waals surface area contributed by atoms with Crippen LogP contribution in [0.15, 0.2) is 36.1 Å². The topological polar surface area (TPSA) is 60.2 Å². The molecule has 4 nitrogen and oxygen atoms in total. The average Bonchev–Trinajstić information content (AvgIpc) is 2.51. The van der Waals surface area contributed by atoms with Gasteiger partial charge in [0.25, 0.3) is 0 Å². The molecule has 1 radical (unpaired) electrons. The van der Waals surface area contributed by atoms with Crippen LogP contribution < -0.4 is 0 Å². The minimum absolute atomic E-state index is 0.284. The summed E-state index contributed by atoms with van der Waals surface area (Å²) in [5.41, 5.74) is 0.284. The fraction of sp³-hybridized carbons (Fsp3) is 0.611. The van der Waals surface area contributed by atoms with E-state index in [-0.39, 0.29) is 10.6 Å². The zero-order chi connectivity index (χ0) is 16.5. The second-order valence-corrected chi connectivity index (χ2v) is 5.17. The van der Waals surface area contributed by atoms with Gasteiger partial charge in [-0.05, 0) is 38.2 Å². The van der Waals surface area contributed by atoms with Gasteiger partial charge in [0, 0.05) is 12.8 Å². The van der Waals surface area contributed by atoms with E-state index < -0.39 is 0 Å². The lowest BCUT2D eigenvalue weighted by molar-refractivity contribution is -0.427. The minimum Gasteiger partial charge on any atom is -0.291 e. The fourth-order valence-electron chi connectivity index (χ4n) is 2.03. The molecule has 22 heavy (non-hydrogen) atoms. The monoisotopic (exact) mass is 306 g/mol. The second-order valence-electron chi connectivity index (χ2n) is 5.17.